The van der Waals surface area contributed by atoms with Crippen molar-refractivity contribution in [1.82, 2.24) is 0 Å². The summed E-state index contributed by atoms with van der Waals surface area (Å²) in [5.41, 5.74) is 11.8. The van der Waals surface area contributed by atoms with E-state index in [4.69, 9.17) is 0 Å². The maximum absolute atomic E-state index is 4.01. The second-order valence-electron chi connectivity index (χ2n) is 12.5. The van der Waals surface area contributed by atoms with Gasteiger partial charge in [-0.25, -0.2) is 0 Å². The zero-order valence-electron chi connectivity index (χ0n) is 35.3. The molecule has 0 aliphatic heterocycles. The Bertz CT molecular complexity index is 1170. The minimum Gasteiger partial charge on any atom is -0.103 e. The molecule has 3 aromatic carbocycles. The molecule has 0 nitrogen and oxygen atoms in total. The number of benzene rings is 3. The fraction of sp³-hybridized carbons (Fsp3) is 0.510. The Morgan fingerprint density at radius 1 is 0.571 bits per heavy atom. The molecule has 0 unspecified atom stereocenters. The van der Waals surface area contributed by atoms with Gasteiger partial charge in [0.2, 0.25) is 0 Å². The van der Waals surface area contributed by atoms with E-state index in [1.807, 2.05) is 27.7 Å². The SMILES string of the molecule is C=C(C)CCCC.C=C(C)c1ccc(C)c(-c2ccccc2C)c1.C=CC.CC.CCCC.CCCCC.CCCCc1ccccc1C. The molecule has 278 valence electrons. The molecule has 0 fully saturated rings. The molecule has 0 heteroatoms. The van der Waals surface area contributed by atoms with Crippen molar-refractivity contribution in [1.29, 1.82) is 0 Å². The molecule has 0 bridgehead atoms. The van der Waals surface area contributed by atoms with Crippen molar-refractivity contribution in [2.24, 2.45) is 0 Å². The van der Waals surface area contributed by atoms with Gasteiger partial charge in [-0.3, -0.25) is 0 Å². The monoisotopic (exact) mass is 671 g/mol. The van der Waals surface area contributed by atoms with Crippen LogP contribution in [-0.2, 0) is 6.42 Å². The number of allylic oxidation sites excluding steroid dienone is 3. The van der Waals surface area contributed by atoms with Crippen LogP contribution in [0.25, 0.3) is 16.7 Å². The lowest BCUT2D eigenvalue weighted by Crippen LogP contribution is -1.89. The summed E-state index contributed by atoms with van der Waals surface area (Å²) in [4.78, 5) is 0. The normalized spacial score (nSPS) is 8.94. The van der Waals surface area contributed by atoms with Gasteiger partial charge in [-0.1, -0.05) is 185 Å². The fourth-order valence-electron chi connectivity index (χ4n) is 4.14. The van der Waals surface area contributed by atoms with E-state index in [1.54, 1.807) is 6.08 Å². The number of hydrogen-bond acceptors (Lipinski definition) is 0. The Morgan fingerprint density at radius 2 is 1.02 bits per heavy atom. The Kier molecular flexibility index (Phi) is 42.3. The van der Waals surface area contributed by atoms with Crippen LogP contribution < -0.4 is 0 Å². The van der Waals surface area contributed by atoms with Gasteiger partial charge in [-0.05, 0) is 112 Å². The first-order valence-corrected chi connectivity index (χ1v) is 19.5. The van der Waals surface area contributed by atoms with E-state index >= 15 is 0 Å². The van der Waals surface area contributed by atoms with Crippen LogP contribution in [-0.4, -0.2) is 0 Å². The zero-order chi connectivity index (χ0) is 38.5. The molecule has 0 aliphatic rings. The summed E-state index contributed by atoms with van der Waals surface area (Å²) < 4.78 is 0. The van der Waals surface area contributed by atoms with Gasteiger partial charge >= 0.3 is 0 Å². The molecule has 0 saturated carbocycles. The summed E-state index contributed by atoms with van der Waals surface area (Å²) in [6.07, 6.45) is 16.1. The predicted octanol–water partition coefficient (Wildman–Crippen LogP) is 17.3. The molecule has 0 amide bonds. The van der Waals surface area contributed by atoms with Gasteiger partial charge in [0.1, 0.15) is 0 Å². The van der Waals surface area contributed by atoms with E-state index in [0.717, 1.165) is 5.57 Å². The van der Waals surface area contributed by atoms with Crippen molar-refractivity contribution in [2.45, 2.75) is 168 Å². The third-order valence-corrected chi connectivity index (χ3v) is 7.39. The first kappa shape index (κ1) is 52.7. The highest BCUT2D eigenvalue weighted by Crippen LogP contribution is 2.29. The first-order chi connectivity index (χ1) is 23.4. The van der Waals surface area contributed by atoms with E-state index < -0.39 is 0 Å². The van der Waals surface area contributed by atoms with Crippen molar-refractivity contribution in [3.05, 3.63) is 126 Å². The van der Waals surface area contributed by atoms with Gasteiger partial charge in [-0.15, -0.1) is 13.2 Å². The van der Waals surface area contributed by atoms with Crippen molar-refractivity contribution < 1.29 is 0 Å². The summed E-state index contributed by atoms with van der Waals surface area (Å²) in [7, 11) is 0. The highest BCUT2D eigenvalue weighted by atomic mass is 14.1. The van der Waals surface area contributed by atoms with Crippen molar-refractivity contribution in [2.75, 3.05) is 0 Å². The highest BCUT2D eigenvalue weighted by molar-refractivity contribution is 5.75. The van der Waals surface area contributed by atoms with E-state index in [1.165, 1.54) is 115 Å². The number of aryl methyl sites for hydroxylation is 4. The lowest BCUT2D eigenvalue weighted by Gasteiger charge is -2.11. The smallest absolute Gasteiger partial charge is 0.0146 e. The molecule has 49 heavy (non-hydrogen) atoms. The Hall–Kier alpha value is -3.12. The number of hydrogen-bond donors (Lipinski definition) is 0. The van der Waals surface area contributed by atoms with E-state index in [0.29, 0.717) is 0 Å². The molecule has 3 aromatic rings. The van der Waals surface area contributed by atoms with Crippen LogP contribution in [0, 0.1) is 20.8 Å². The van der Waals surface area contributed by atoms with Gasteiger partial charge in [0.05, 0.1) is 0 Å². The van der Waals surface area contributed by atoms with Crippen LogP contribution >= 0.6 is 0 Å². The molecule has 0 aliphatic carbocycles. The number of rotatable bonds is 11. The fourth-order valence-corrected chi connectivity index (χ4v) is 4.14. The van der Waals surface area contributed by atoms with Crippen molar-refractivity contribution >= 4 is 5.57 Å². The summed E-state index contributed by atoms with van der Waals surface area (Å²) in [5, 5.41) is 0. The van der Waals surface area contributed by atoms with Crippen LogP contribution in [0.5, 0.6) is 0 Å². The third-order valence-electron chi connectivity index (χ3n) is 7.39. The average molecular weight is 671 g/mol. The lowest BCUT2D eigenvalue weighted by molar-refractivity contribution is 0.772. The van der Waals surface area contributed by atoms with Crippen LogP contribution in [0.15, 0.2) is 98.1 Å². The first-order valence-electron chi connectivity index (χ1n) is 19.5. The van der Waals surface area contributed by atoms with Crippen molar-refractivity contribution in [3.63, 3.8) is 0 Å². The quantitative estimate of drug-likeness (QED) is 0.178. The van der Waals surface area contributed by atoms with Crippen molar-refractivity contribution in [3.8, 4) is 11.1 Å². The largest absolute Gasteiger partial charge is 0.103 e. The van der Waals surface area contributed by atoms with Crippen LogP contribution in [0.2, 0.25) is 0 Å². The molecule has 0 atom stereocenters. The maximum Gasteiger partial charge on any atom is -0.0146 e. The lowest BCUT2D eigenvalue weighted by atomic mass is 9.93. The number of unbranched alkanes of at least 4 members (excludes halogenated alkanes) is 5. The molecular weight excluding hydrogens is 589 g/mol. The Labute approximate surface area is 309 Å². The van der Waals surface area contributed by atoms with E-state index in [9.17, 15) is 0 Å². The Morgan fingerprint density at radius 3 is 1.39 bits per heavy atom. The molecular formula is C49H82. The van der Waals surface area contributed by atoms with Gasteiger partial charge < -0.3 is 0 Å². The second kappa shape index (κ2) is 39.3. The molecule has 3 rings (SSSR count). The molecule has 0 spiro atoms. The summed E-state index contributed by atoms with van der Waals surface area (Å²) >= 11 is 0. The molecule has 0 N–H and O–H groups in total. The van der Waals surface area contributed by atoms with Gasteiger partial charge in [0, 0.05) is 0 Å². The van der Waals surface area contributed by atoms with Crippen LogP contribution in [0.1, 0.15) is 168 Å². The maximum atomic E-state index is 4.01. The summed E-state index contributed by atoms with van der Waals surface area (Å²) in [6, 6.07) is 23.7. The average Bonchev–Trinajstić information content (AvgIpc) is 3.10. The molecule has 0 heterocycles. The third kappa shape index (κ3) is 31.9. The predicted molar refractivity (Wildman–Crippen MR) is 233 cm³/mol. The highest BCUT2D eigenvalue weighted by Gasteiger charge is 2.06. The van der Waals surface area contributed by atoms with Gasteiger partial charge in [0.25, 0.3) is 0 Å². The van der Waals surface area contributed by atoms with E-state index in [2.05, 4.69) is 156 Å². The topological polar surface area (TPSA) is 0 Å². The summed E-state index contributed by atoms with van der Waals surface area (Å²) in [5.74, 6) is 0. The zero-order valence-corrected chi connectivity index (χ0v) is 35.3. The minimum atomic E-state index is 1.11. The Balaban J connectivity index is -0.000000274. The minimum absolute atomic E-state index is 1.11. The second-order valence-corrected chi connectivity index (χ2v) is 12.5. The molecule has 0 radical (unpaired) electrons. The standard InChI is InChI=1S/C17H18.C11H16.C7H14.C5H12.C4H10.C3H6.C2H6/c1-12(2)15-10-9-14(4)17(11-15)16-8-6-5-7-13(16)3;1-3-4-8-11-9-6-5-7-10(11)2;1-4-5-6-7(2)3;1-3-5-4-2;1-3-4-2;1-3-2;1-2/h5-11H,1H2,2-4H3;5-7,9H,3-4,8H2,1-2H3;2,4-6H2,1,3H3;3-5H2,1-2H3;3-4H2,1-2H3;3H,1H2,2H3;1-2H3. The van der Waals surface area contributed by atoms with E-state index in [-0.39, 0.29) is 0 Å². The molecule has 0 saturated heterocycles. The molecule has 0 aromatic heterocycles. The van der Waals surface area contributed by atoms with Crippen LogP contribution in [0.3, 0.4) is 0 Å². The van der Waals surface area contributed by atoms with Crippen LogP contribution in [0.4, 0.5) is 0 Å². The van der Waals surface area contributed by atoms with Gasteiger partial charge in [0.15, 0.2) is 0 Å². The van der Waals surface area contributed by atoms with Gasteiger partial charge in [-0.2, -0.15) is 0 Å². The summed E-state index contributed by atoms with van der Waals surface area (Å²) in [6.45, 7) is 40.9.